The molecule has 0 amide bonds. The van der Waals surface area contributed by atoms with Crippen LogP contribution >= 0.6 is 0 Å². The highest BCUT2D eigenvalue weighted by molar-refractivity contribution is 5.59. The molecule has 3 rings (SSSR count). The summed E-state index contributed by atoms with van der Waals surface area (Å²) < 4.78 is -0.190. The molecule has 1 aliphatic rings. The van der Waals surface area contributed by atoms with Crippen LogP contribution in [0.15, 0.2) is 36.7 Å². The zero-order chi connectivity index (χ0) is 17.9. The Balaban J connectivity index is 1.59. The van der Waals surface area contributed by atoms with Gasteiger partial charge in [0.25, 0.3) is 0 Å². The second kappa shape index (κ2) is 7.37. The standard InChI is InChI=1S/C19H27N5O/c1-14-5-4-6-16(11-14)23-19-12-18(20-13-21-19)22-15-7-9-17(10-8-15)24(2,3)25/h4-6,11-13,15,17H,7-10H2,1-3H3,(H2,20,21,22,23). The van der Waals surface area contributed by atoms with E-state index in [1.54, 1.807) is 20.4 Å². The summed E-state index contributed by atoms with van der Waals surface area (Å²) in [5.41, 5.74) is 2.22. The maximum Gasteiger partial charge on any atom is 0.135 e. The van der Waals surface area contributed by atoms with Gasteiger partial charge in [0, 0.05) is 30.6 Å². The van der Waals surface area contributed by atoms with E-state index in [1.807, 2.05) is 18.2 Å². The second-order valence-electron chi connectivity index (χ2n) is 7.37. The van der Waals surface area contributed by atoms with Gasteiger partial charge in [-0.25, -0.2) is 9.97 Å². The lowest BCUT2D eigenvalue weighted by Gasteiger charge is -2.45. The molecule has 6 heteroatoms. The van der Waals surface area contributed by atoms with E-state index >= 15 is 0 Å². The molecule has 1 saturated carbocycles. The third-order valence-corrected chi connectivity index (χ3v) is 4.89. The predicted octanol–water partition coefficient (Wildman–Crippen LogP) is 3.83. The number of aromatic nitrogens is 2. The maximum atomic E-state index is 12.1. The molecule has 2 aromatic rings. The van der Waals surface area contributed by atoms with Crippen molar-refractivity contribution in [1.29, 1.82) is 0 Å². The molecule has 2 N–H and O–H groups in total. The van der Waals surface area contributed by atoms with Crippen LogP contribution in [-0.4, -0.2) is 40.8 Å². The molecule has 0 spiro atoms. The van der Waals surface area contributed by atoms with E-state index in [4.69, 9.17) is 0 Å². The molecule has 0 radical (unpaired) electrons. The van der Waals surface area contributed by atoms with Crippen LogP contribution < -0.4 is 10.6 Å². The SMILES string of the molecule is Cc1cccc(Nc2cc(NC3CCC([N+](C)(C)[O-])CC3)ncn2)c1. The average molecular weight is 341 g/mol. The second-order valence-corrected chi connectivity index (χ2v) is 7.37. The van der Waals surface area contributed by atoms with Gasteiger partial charge in [0.05, 0.1) is 20.1 Å². The van der Waals surface area contributed by atoms with Crippen molar-refractivity contribution in [3.63, 3.8) is 0 Å². The summed E-state index contributed by atoms with van der Waals surface area (Å²) in [6.45, 7) is 2.07. The van der Waals surface area contributed by atoms with Crippen LogP contribution in [0.4, 0.5) is 17.3 Å². The van der Waals surface area contributed by atoms with Gasteiger partial charge in [-0.2, -0.15) is 0 Å². The topological polar surface area (TPSA) is 72.9 Å². The van der Waals surface area contributed by atoms with Gasteiger partial charge in [0.2, 0.25) is 0 Å². The van der Waals surface area contributed by atoms with Gasteiger partial charge in [-0.15, -0.1) is 0 Å². The fourth-order valence-corrected chi connectivity index (χ4v) is 3.43. The summed E-state index contributed by atoms with van der Waals surface area (Å²) in [5, 5.41) is 18.9. The van der Waals surface area contributed by atoms with Crippen molar-refractivity contribution >= 4 is 17.3 Å². The van der Waals surface area contributed by atoms with Crippen LogP contribution in [0, 0.1) is 12.1 Å². The van der Waals surface area contributed by atoms with E-state index in [1.165, 1.54) is 5.56 Å². The lowest BCUT2D eigenvalue weighted by atomic mass is 9.90. The fraction of sp³-hybridized carbons (Fsp3) is 0.474. The van der Waals surface area contributed by atoms with Crippen LogP contribution in [0.2, 0.25) is 0 Å². The molecule has 6 nitrogen and oxygen atoms in total. The highest BCUT2D eigenvalue weighted by atomic mass is 16.5. The first-order chi connectivity index (χ1) is 11.9. The molecule has 0 bridgehead atoms. The molecular weight excluding hydrogens is 314 g/mol. The Morgan fingerprint density at radius 3 is 2.44 bits per heavy atom. The van der Waals surface area contributed by atoms with Gasteiger partial charge in [-0.3, -0.25) is 0 Å². The number of aryl methyl sites for hydroxylation is 1. The van der Waals surface area contributed by atoms with Crippen molar-refractivity contribution in [2.75, 3.05) is 24.7 Å². The van der Waals surface area contributed by atoms with Crippen LogP contribution in [-0.2, 0) is 0 Å². The molecule has 1 heterocycles. The van der Waals surface area contributed by atoms with Gasteiger partial charge in [-0.05, 0) is 37.5 Å². The molecule has 0 atom stereocenters. The van der Waals surface area contributed by atoms with E-state index in [0.717, 1.165) is 43.0 Å². The van der Waals surface area contributed by atoms with Crippen LogP contribution in [0.3, 0.4) is 0 Å². The molecule has 0 aliphatic heterocycles. The van der Waals surface area contributed by atoms with Crippen molar-refractivity contribution in [1.82, 2.24) is 9.97 Å². The summed E-state index contributed by atoms with van der Waals surface area (Å²) in [6, 6.07) is 10.7. The Hall–Kier alpha value is -2.18. The van der Waals surface area contributed by atoms with Crippen molar-refractivity contribution < 1.29 is 4.65 Å². The third-order valence-electron chi connectivity index (χ3n) is 4.89. The van der Waals surface area contributed by atoms with Gasteiger partial charge >= 0.3 is 0 Å². The van der Waals surface area contributed by atoms with E-state index in [9.17, 15) is 5.21 Å². The van der Waals surface area contributed by atoms with Crippen molar-refractivity contribution in [2.45, 2.75) is 44.7 Å². The molecule has 0 saturated heterocycles. The number of quaternary nitrogens is 1. The fourth-order valence-electron chi connectivity index (χ4n) is 3.43. The Labute approximate surface area is 149 Å². The largest absolute Gasteiger partial charge is 0.633 e. The van der Waals surface area contributed by atoms with Crippen molar-refractivity contribution in [2.24, 2.45) is 0 Å². The Morgan fingerprint density at radius 2 is 1.76 bits per heavy atom. The molecule has 1 aromatic carbocycles. The minimum Gasteiger partial charge on any atom is -0.633 e. The first-order valence-electron chi connectivity index (χ1n) is 8.87. The van der Waals surface area contributed by atoms with Crippen LogP contribution in [0.5, 0.6) is 0 Å². The number of nitrogens with one attached hydrogen (secondary N) is 2. The van der Waals surface area contributed by atoms with E-state index in [2.05, 4.69) is 39.7 Å². The van der Waals surface area contributed by atoms with Crippen LogP contribution in [0.1, 0.15) is 31.2 Å². The summed E-state index contributed by atoms with van der Waals surface area (Å²) in [7, 11) is 3.48. The number of hydrogen-bond acceptors (Lipinski definition) is 5. The first kappa shape index (κ1) is 17.6. The number of rotatable bonds is 5. The van der Waals surface area contributed by atoms with Crippen molar-refractivity contribution in [3.05, 3.63) is 47.4 Å². The quantitative estimate of drug-likeness (QED) is 0.639. The minimum absolute atomic E-state index is 0.190. The molecule has 0 unspecified atom stereocenters. The van der Waals surface area contributed by atoms with Gasteiger partial charge in [0.1, 0.15) is 18.0 Å². The van der Waals surface area contributed by atoms with Crippen molar-refractivity contribution in [3.8, 4) is 0 Å². The third kappa shape index (κ3) is 4.90. The highest BCUT2D eigenvalue weighted by Crippen LogP contribution is 2.27. The predicted molar refractivity (Wildman–Crippen MR) is 102 cm³/mol. The van der Waals surface area contributed by atoms with Gasteiger partial charge in [-0.1, -0.05) is 12.1 Å². The number of nitrogens with zero attached hydrogens (tertiary/aromatic N) is 3. The summed E-state index contributed by atoms with van der Waals surface area (Å²) in [6.07, 6.45) is 5.48. The normalized spacial score (nSPS) is 21.0. The summed E-state index contributed by atoms with van der Waals surface area (Å²) in [5.74, 6) is 1.60. The smallest absolute Gasteiger partial charge is 0.135 e. The molecular formula is C19H27N5O. The summed E-state index contributed by atoms with van der Waals surface area (Å²) >= 11 is 0. The molecule has 134 valence electrons. The monoisotopic (exact) mass is 341 g/mol. The van der Waals surface area contributed by atoms with Crippen LogP contribution in [0.25, 0.3) is 0 Å². The maximum absolute atomic E-state index is 12.1. The Morgan fingerprint density at radius 1 is 1.04 bits per heavy atom. The lowest BCUT2D eigenvalue weighted by Crippen LogP contribution is -2.46. The highest BCUT2D eigenvalue weighted by Gasteiger charge is 2.28. The first-order valence-corrected chi connectivity index (χ1v) is 8.87. The Bertz CT molecular complexity index is 705. The molecule has 1 fully saturated rings. The number of hydroxylamine groups is 3. The Kier molecular flexibility index (Phi) is 5.20. The van der Waals surface area contributed by atoms with E-state index < -0.39 is 0 Å². The minimum atomic E-state index is -0.190. The number of anilines is 3. The van der Waals surface area contributed by atoms with Gasteiger partial charge < -0.3 is 20.5 Å². The molecule has 1 aromatic heterocycles. The number of benzene rings is 1. The van der Waals surface area contributed by atoms with Gasteiger partial charge in [0.15, 0.2) is 0 Å². The lowest BCUT2D eigenvalue weighted by molar-refractivity contribution is -0.868. The zero-order valence-corrected chi connectivity index (χ0v) is 15.2. The van der Waals surface area contributed by atoms with E-state index in [-0.39, 0.29) is 10.7 Å². The zero-order valence-electron chi connectivity index (χ0n) is 15.2. The average Bonchev–Trinajstić information content (AvgIpc) is 2.55. The molecule has 1 aliphatic carbocycles. The van der Waals surface area contributed by atoms with E-state index in [0.29, 0.717) is 6.04 Å². The summed E-state index contributed by atoms with van der Waals surface area (Å²) in [4.78, 5) is 8.63. The molecule has 25 heavy (non-hydrogen) atoms. The number of hydrogen-bond donors (Lipinski definition) is 2.